The van der Waals surface area contributed by atoms with Gasteiger partial charge in [0.05, 0.1) is 30.4 Å². The molecule has 0 saturated carbocycles. The van der Waals surface area contributed by atoms with Gasteiger partial charge >= 0.3 is 6.18 Å². The van der Waals surface area contributed by atoms with E-state index in [9.17, 15) is 13.2 Å². The minimum atomic E-state index is -4.51. The molecule has 1 N–H and O–H groups in total. The van der Waals surface area contributed by atoms with Crippen LogP contribution in [0, 0.1) is 18.3 Å². The number of halogens is 3. The second-order valence-electron chi connectivity index (χ2n) is 6.44. The van der Waals surface area contributed by atoms with Crippen LogP contribution in [0.25, 0.3) is 0 Å². The Morgan fingerprint density at radius 2 is 2.07 bits per heavy atom. The summed E-state index contributed by atoms with van der Waals surface area (Å²) >= 11 is 0. The summed E-state index contributed by atoms with van der Waals surface area (Å²) in [6.07, 6.45) is -3.79. The average molecular weight is 376 g/mol. The predicted octanol–water partition coefficient (Wildman–Crippen LogP) is 4.67. The van der Waals surface area contributed by atoms with Gasteiger partial charge in [0.15, 0.2) is 0 Å². The van der Waals surface area contributed by atoms with E-state index in [1.54, 1.807) is 0 Å². The maximum absolute atomic E-state index is 13.3. The first-order chi connectivity index (χ1) is 12.9. The zero-order valence-corrected chi connectivity index (χ0v) is 14.8. The molecule has 27 heavy (non-hydrogen) atoms. The van der Waals surface area contributed by atoms with E-state index in [-0.39, 0.29) is 23.9 Å². The first-order valence-corrected chi connectivity index (χ1v) is 8.56. The number of anilines is 1. The fourth-order valence-electron chi connectivity index (χ4n) is 2.90. The number of aryl methyl sites for hydroxylation is 1. The number of alkyl halides is 3. The average Bonchev–Trinajstić information content (AvgIpc) is 3.13. The molecule has 0 bridgehead atoms. The molecule has 1 fully saturated rings. The zero-order chi connectivity index (χ0) is 19.4. The SMILES string of the molecule is Cc1ccc(CNc2cc(C#N)ccc2C(F)(F)F)c(OC2CCOC2)c1. The highest BCUT2D eigenvalue weighted by atomic mass is 19.4. The van der Waals surface area contributed by atoms with Crippen LogP contribution in [-0.4, -0.2) is 19.3 Å². The zero-order valence-electron chi connectivity index (χ0n) is 14.8. The molecular weight excluding hydrogens is 357 g/mol. The summed E-state index contributed by atoms with van der Waals surface area (Å²) in [4.78, 5) is 0. The summed E-state index contributed by atoms with van der Waals surface area (Å²) in [5.74, 6) is 0.628. The maximum Gasteiger partial charge on any atom is 0.418 e. The first-order valence-electron chi connectivity index (χ1n) is 8.56. The van der Waals surface area contributed by atoms with Crippen molar-refractivity contribution in [3.63, 3.8) is 0 Å². The molecular formula is C20H19F3N2O2. The molecule has 3 rings (SSSR count). The van der Waals surface area contributed by atoms with Crippen molar-refractivity contribution >= 4 is 5.69 Å². The van der Waals surface area contributed by atoms with Crippen LogP contribution in [-0.2, 0) is 17.5 Å². The topological polar surface area (TPSA) is 54.3 Å². The van der Waals surface area contributed by atoms with Gasteiger partial charge in [-0.3, -0.25) is 0 Å². The molecule has 1 heterocycles. The van der Waals surface area contributed by atoms with Gasteiger partial charge in [-0.2, -0.15) is 18.4 Å². The summed E-state index contributed by atoms with van der Waals surface area (Å²) in [6.45, 7) is 3.21. The normalized spacial score (nSPS) is 16.8. The molecule has 1 unspecified atom stereocenters. The molecule has 0 aliphatic carbocycles. The van der Waals surface area contributed by atoms with E-state index in [0.717, 1.165) is 29.7 Å². The Hall–Kier alpha value is -2.72. The summed E-state index contributed by atoms with van der Waals surface area (Å²) in [7, 11) is 0. The molecule has 1 aliphatic heterocycles. The number of nitrogens with one attached hydrogen (secondary N) is 1. The standard InChI is InChI=1S/C20H19F3N2O2/c1-13-2-4-15(19(8-13)27-16-6-7-26-12-16)11-25-18-9-14(10-24)3-5-17(18)20(21,22)23/h2-5,8-9,16,25H,6-7,11-12H2,1H3. The van der Waals surface area contributed by atoms with Crippen molar-refractivity contribution in [3.05, 3.63) is 58.7 Å². The van der Waals surface area contributed by atoms with Gasteiger partial charge in [0.1, 0.15) is 11.9 Å². The highest BCUT2D eigenvalue weighted by Crippen LogP contribution is 2.36. The van der Waals surface area contributed by atoms with Gasteiger partial charge in [-0.15, -0.1) is 0 Å². The number of hydrogen-bond acceptors (Lipinski definition) is 4. The van der Waals surface area contributed by atoms with Crippen molar-refractivity contribution in [1.82, 2.24) is 0 Å². The van der Waals surface area contributed by atoms with Crippen LogP contribution >= 0.6 is 0 Å². The van der Waals surface area contributed by atoms with Gasteiger partial charge in [-0.25, -0.2) is 0 Å². The Bertz CT molecular complexity index is 853. The second kappa shape index (κ2) is 7.89. The van der Waals surface area contributed by atoms with Gasteiger partial charge in [0.2, 0.25) is 0 Å². The maximum atomic E-state index is 13.3. The molecule has 1 aliphatic rings. The molecule has 2 aromatic carbocycles. The molecule has 142 valence electrons. The van der Waals surface area contributed by atoms with Crippen LogP contribution in [0.3, 0.4) is 0 Å². The molecule has 4 nitrogen and oxygen atoms in total. The number of rotatable bonds is 5. The van der Waals surface area contributed by atoms with E-state index in [0.29, 0.717) is 19.0 Å². The van der Waals surface area contributed by atoms with E-state index in [1.807, 2.05) is 31.2 Å². The first kappa shape index (κ1) is 19.1. The smallest absolute Gasteiger partial charge is 0.418 e. The van der Waals surface area contributed by atoms with Crippen molar-refractivity contribution in [2.75, 3.05) is 18.5 Å². The third-order valence-electron chi connectivity index (χ3n) is 4.33. The van der Waals surface area contributed by atoms with Gasteiger partial charge in [0.25, 0.3) is 0 Å². The largest absolute Gasteiger partial charge is 0.488 e. The monoisotopic (exact) mass is 376 g/mol. The minimum absolute atomic E-state index is 0.0572. The Morgan fingerprint density at radius 3 is 2.74 bits per heavy atom. The lowest BCUT2D eigenvalue weighted by Crippen LogP contribution is -2.17. The molecule has 0 radical (unpaired) electrons. The highest BCUT2D eigenvalue weighted by Gasteiger charge is 2.33. The van der Waals surface area contributed by atoms with Crippen molar-refractivity contribution in [3.8, 4) is 11.8 Å². The highest BCUT2D eigenvalue weighted by molar-refractivity contribution is 5.57. The molecule has 0 aromatic heterocycles. The van der Waals surface area contributed by atoms with E-state index in [4.69, 9.17) is 14.7 Å². The third-order valence-corrected chi connectivity index (χ3v) is 4.33. The van der Waals surface area contributed by atoms with Gasteiger partial charge in [0, 0.05) is 24.2 Å². The number of nitrogens with zero attached hydrogens (tertiary/aromatic N) is 1. The number of nitriles is 1. The fraction of sp³-hybridized carbons (Fsp3) is 0.350. The minimum Gasteiger partial charge on any atom is -0.488 e. The summed E-state index contributed by atoms with van der Waals surface area (Å²) in [5.41, 5.74) is 0.963. The quantitative estimate of drug-likeness (QED) is 0.824. The predicted molar refractivity (Wildman–Crippen MR) is 94.5 cm³/mol. The molecule has 0 spiro atoms. The van der Waals surface area contributed by atoms with Crippen LogP contribution < -0.4 is 10.1 Å². The lowest BCUT2D eigenvalue weighted by atomic mass is 10.1. The van der Waals surface area contributed by atoms with Gasteiger partial charge in [-0.1, -0.05) is 12.1 Å². The Labute approximate surface area is 155 Å². The number of ether oxygens (including phenoxy) is 2. The van der Waals surface area contributed by atoms with Crippen molar-refractivity contribution in [1.29, 1.82) is 5.26 Å². The van der Waals surface area contributed by atoms with E-state index >= 15 is 0 Å². The van der Waals surface area contributed by atoms with Crippen LogP contribution in [0.5, 0.6) is 5.75 Å². The summed E-state index contributed by atoms with van der Waals surface area (Å²) in [6, 6.07) is 10.7. The van der Waals surface area contributed by atoms with Gasteiger partial charge < -0.3 is 14.8 Å². The van der Waals surface area contributed by atoms with Crippen molar-refractivity contribution < 1.29 is 22.6 Å². The van der Waals surface area contributed by atoms with E-state index in [1.165, 1.54) is 6.07 Å². The Balaban J connectivity index is 1.83. The lowest BCUT2D eigenvalue weighted by molar-refractivity contribution is -0.137. The van der Waals surface area contributed by atoms with Crippen molar-refractivity contribution in [2.24, 2.45) is 0 Å². The van der Waals surface area contributed by atoms with Crippen LogP contribution in [0.1, 0.15) is 28.7 Å². The molecule has 2 aromatic rings. The summed E-state index contributed by atoms with van der Waals surface area (Å²) in [5, 5.41) is 11.8. The molecule has 7 heteroatoms. The molecule has 1 atom stereocenters. The number of hydrogen-bond donors (Lipinski definition) is 1. The Kier molecular flexibility index (Phi) is 5.57. The van der Waals surface area contributed by atoms with Gasteiger partial charge in [-0.05, 0) is 36.8 Å². The fourth-order valence-corrected chi connectivity index (χ4v) is 2.90. The van der Waals surface area contributed by atoms with E-state index in [2.05, 4.69) is 5.32 Å². The third kappa shape index (κ3) is 4.72. The second-order valence-corrected chi connectivity index (χ2v) is 6.44. The lowest BCUT2D eigenvalue weighted by Gasteiger charge is -2.19. The summed E-state index contributed by atoms with van der Waals surface area (Å²) < 4.78 is 51.0. The number of benzene rings is 2. The van der Waals surface area contributed by atoms with Crippen molar-refractivity contribution in [2.45, 2.75) is 32.2 Å². The van der Waals surface area contributed by atoms with Crippen LogP contribution in [0.15, 0.2) is 36.4 Å². The van der Waals surface area contributed by atoms with Crippen LogP contribution in [0.2, 0.25) is 0 Å². The molecule has 0 amide bonds. The van der Waals surface area contributed by atoms with Crippen LogP contribution in [0.4, 0.5) is 18.9 Å². The Morgan fingerprint density at radius 1 is 1.26 bits per heavy atom. The molecule has 1 saturated heterocycles. The van der Waals surface area contributed by atoms with E-state index < -0.39 is 11.7 Å².